The number of nitrogens with zero attached hydrogens (tertiary/aromatic N) is 1. The molecule has 0 aliphatic heterocycles. The molecule has 0 aliphatic rings. The zero-order chi connectivity index (χ0) is 14.7. The maximum absolute atomic E-state index is 11.3. The first-order valence-corrected chi connectivity index (χ1v) is 5.76. The van der Waals surface area contributed by atoms with E-state index in [0.717, 1.165) is 0 Å². The van der Waals surface area contributed by atoms with Gasteiger partial charge in [-0.25, -0.2) is 9.78 Å². The first-order chi connectivity index (χ1) is 9.50. The summed E-state index contributed by atoms with van der Waals surface area (Å²) in [5, 5.41) is 9.15. The fourth-order valence-electron chi connectivity index (χ4n) is 1.71. The van der Waals surface area contributed by atoms with Crippen LogP contribution in [0.2, 0.25) is 0 Å². The number of amides is 1. The Morgan fingerprint density at radius 2 is 1.90 bits per heavy atom. The maximum atomic E-state index is 11.3. The van der Waals surface area contributed by atoms with Crippen LogP contribution >= 0.6 is 0 Å². The number of benzene rings is 1. The number of rotatable bonds is 4. The molecule has 1 aromatic carbocycles. The lowest BCUT2D eigenvalue weighted by Gasteiger charge is -2.12. The average Bonchev–Trinajstić information content (AvgIpc) is 2.41. The van der Waals surface area contributed by atoms with Crippen LogP contribution in [0.1, 0.15) is 26.3 Å². The number of carbonyl (C=O) groups excluding carboxylic acids is 1. The van der Waals surface area contributed by atoms with E-state index in [4.69, 9.17) is 15.6 Å². The number of hydrogen-bond donors (Lipinski definition) is 2. The molecule has 3 N–H and O–H groups in total. The second-order valence-corrected chi connectivity index (χ2v) is 4.08. The number of pyridine rings is 1. The third-order valence-corrected chi connectivity index (χ3v) is 2.68. The zero-order valence-electron chi connectivity index (χ0n) is 10.7. The van der Waals surface area contributed by atoms with E-state index in [1.165, 1.54) is 18.3 Å². The molecule has 0 unspecified atom stereocenters. The predicted molar refractivity (Wildman–Crippen MR) is 71.0 cm³/mol. The van der Waals surface area contributed by atoms with Crippen LogP contribution in [0.3, 0.4) is 0 Å². The lowest BCUT2D eigenvalue weighted by atomic mass is 10.1. The summed E-state index contributed by atoms with van der Waals surface area (Å²) >= 11 is 0. The van der Waals surface area contributed by atoms with Crippen LogP contribution in [0.4, 0.5) is 0 Å². The zero-order valence-corrected chi connectivity index (χ0v) is 10.7. The van der Waals surface area contributed by atoms with Crippen molar-refractivity contribution in [2.24, 2.45) is 5.73 Å². The van der Waals surface area contributed by atoms with E-state index in [1.807, 2.05) is 0 Å². The molecule has 0 fully saturated rings. The number of ether oxygens (including phenoxy) is 1. The van der Waals surface area contributed by atoms with Crippen LogP contribution in [0.5, 0.6) is 11.6 Å². The van der Waals surface area contributed by atoms with Crippen molar-refractivity contribution in [3.8, 4) is 11.6 Å². The van der Waals surface area contributed by atoms with Gasteiger partial charge in [0.05, 0.1) is 0 Å². The Morgan fingerprint density at radius 3 is 2.55 bits per heavy atom. The van der Waals surface area contributed by atoms with E-state index in [2.05, 4.69) is 4.98 Å². The monoisotopic (exact) mass is 272 g/mol. The number of aryl methyl sites for hydroxylation is 1. The van der Waals surface area contributed by atoms with Crippen molar-refractivity contribution in [1.29, 1.82) is 0 Å². The number of carboxylic acid groups (broad SMARTS) is 1. The van der Waals surface area contributed by atoms with Crippen molar-refractivity contribution in [2.75, 3.05) is 0 Å². The quantitative estimate of drug-likeness (QED) is 0.885. The summed E-state index contributed by atoms with van der Waals surface area (Å²) in [6.07, 6.45) is 1.43. The average molecular weight is 272 g/mol. The highest BCUT2D eigenvalue weighted by Gasteiger charge is 2.17. The highest BCUT2D eigenvalue weighted by Crippen LogP contribution is 2.29. The standard InChI is InChI=1S/C14H12N2O4/c1-8-4-2-5-9(14(18)19)11(8)20-13-10(12(15)17)6-3-7-16-13/h2-7H,1H3,(H2,15,17)(H,18,19). The van der Waals surface area contributed by atoms with Crippen LogP contribution in [-0.2, 0) is 0 Å². The Bertz CT molecular complexity index is 683. The molecular weight excluding hydrogens is 260 g/mol. The van der Waals surface area contributed by atoms with Gasteiger partial charge in [-0.05, 0) is 30.7 Å². The molecule has 20 heavy (non-hydrogen) atoms. The SMILES string of the molecule is Cc1cccc(C(=O)O)c1Oc1ncccc1C(N)=O. The minimum Gasteiger partial charge on any atom is -0.478 e. The fraction of sp³-hybridized carbons (Fsp3) is 0.0714. The third-order valence-electron chi connectivity index (χ3n) is 2.68. The van der Waals surface area contributed by atoms with Crippen LogP contribution < -0.4 is 10.5 Å². The van der Waals surface area contributed by atoms with Gasteiger partial charge in [0.1, 0.15) is 16.9 Å². The van der Waals surface area contributed by atoms with Gasteiger partial charge in [0, 0.05) is 6.20 Å². The van der Waals surface area contributed by atoms with Gasteiger partial charge in [0.25, 0.3) is 5.91 Å². The summed E-state index contributed by atoms with van der Waals surface area (Å²) in [7, 11) is 0. The molecule has 1 heterocycles. The molecule has 0 atom stereocenters. The van der Waals surface area contributed by atoms with E-state index < -0.39 is 11.9 Å². The summed E-state index contributed by atoms with van der Waals surface area (Å²) in [6.45, 7) is 1.70. The topological polar surface area (TPSA) is 103 Å². The number of para-hydroxylation sites is 1. The molecule has 0 aliphatic carbocycles. The van der Waals surface area contributed by atoms with Gasteiger partial charge in [0.2, 0.25) is 5.88 Å². The lowest BCUT2D eigenvalue weighted by Crippen LogP contribution is -2.13. The number of carbonyl (C=O) groups is 2. The smallest absolute Gasteiger partial charge is 0.339 e. The van der Waals surface area contributed by atoms with Crippen molar-refractivity contribution < 1.29 is 19.4 Å². The van der Waals surface area contributed by atoms with E-state index in [1.54, 1.807) is 25.1 Å². The molecule has 6 heteroatoms. The van der Waals surface area contributed by atoms with Gasteiger partial charge in [-0.1, -0.05) is 12.1 Å². The van der Waals surface area contributed by atoms with Crippen molar-refractivity contribution in [3.63, 3.8) is 0 Å². The predicted octanol–water partition coefficient (Wildman–Crippen LogP) is 1.98. The highest BCUT2D eigenvalue weighted by atomic mass is 16.5. The summed E-state index contributed by atoms with van der Waals surface area (Å²) in [4.78, 5) is 26.4. The van der Waals surface area contributed by atoms with E-state index in [0.29, 0.717) is 5.56 Å². The largest absolute Gasteiger partial charge is 0.478 e. The first-order valence-electron chi connectivity index (χ1n) is 5.76. The summed E-state index contributed by atoms with van der Waals surface area (Å²) in [5.41, 5.74) is 5.93. The van der Waals surface area contributed by atoms with E-state index >= 15 is 0 Å². The minimum absolute atomic E-state index is 0.00827. The van der Waals surface area contributed by atoms with Gasteiger partial charge in [-0.2, -0.15) is 0 Å². The number of nitrogens with two attached hydrogens (primary N) is 1. The summed E-state index contributed by atoms with van der Waals surface area (Å²) in [6, 6.07) is 7.73. The molecule has 2 rings (SSSR count). The summed E-state index contributed by atoms with van der Waals surface area (Å²) in [5.74, 6) is -1.70. The van der Waals surface area contributed by atoms with Gasteiger partial charge < -0.3 is 15.6 Å². The molecule has 2 aromatic rings. The van der Waals surface area contributed by atoms with Gasteiger partial charge in [-0.15, -0.1) is 0 Å². The fourth-order valence-corrected chi connectivity index (χ4v) is 1.71. The Labute approximate surface area is 114 Å². The number of carboxylic acids is 1. The van der Waals surface area contributed by atoms with Crippen molar-refractivity contribution >= 4 is 11.9 Å². The Hall–Kier alpha value is -2.89. The van der Waals surface area contributed by atoms with Crippen molar-refractivity contribution in [3.05, 3.63) is 53.2 Å². The highest BCUT2D eigenvalue weighted by molar-refractivity contribution is 5.95. The summed E-state index contributed by atoms with van der Waals surface area (Å²) < 4.78 is 5.50. The molecule has 0 bridgehead atoms. The minimum atomic E-state index is -1.12. The molecule has 0 radical (unpaired) electrons. The first kappa shape index (κ1) is 13.5. The molecule has 1 amide bonds. The van der Waals surface area contributed by atoms with Crippen molar-refractivity contribution in [1.82, 2.24) is 4.98 Å². The van der Waals surface area contributed by atoms with E-state index in [9.17, 15) is 9.59 Å². The molecule has 6 nitrogen and oxygen atoms in total. The van der Waals surface area contributed by atoms with Gasteiger partial charge in [0.15, 0.2) is 0 Å². The van der Waals surface area contributed by atoms with Crippen LogP contribution in [0.15, 0.2) is 36.5 Å². The van der Waals surface area contributed by atoms with Crippen LogP contribution in [-0.4, -0.2) is 22.0 Å². The molecular formula is C14H12N2O4. The Kier molecular flexibility index (Phi) is 3.65. The normalized spacial score (nSPS) is 10.1. The third kappa shape index (κ3) is 2.59. The number of hydrogen-bond acceptors (Lipinski definition) is 4. The van der Waals surface area contributed by atoms with Gasteiger partial charge in [-0.3, -0.25) is 4.79 Å². The van der Waals surface area contributed by atoms with Crippen LogP contribution in [0, 0.1) is 6.92 Å². The Morgan fingerprint density at radius 1 is 1.20 bits per heavy atom. The van der Waals surface area contributed by atoms with E-state index in [-0.39, 0.29) is 22.8 Å². The lowest BCUT2D eigenvalue weighted by molar-refractivity contribution is 0.0694. The second kappa shape index (κ2) is 5.40. The van der Waals surface area contributed by atoms with Crippen LogP contribution in [0.25, 0.3) is 0 Å². The maximum Gasteiger partial charge on any atom is 0.339 e. The Balaban J connectivity index is 2.51. The molecule has 1 aromatic heterocycles. The molecule has 0 spiro atoms. The second-order valence-electron chi connectivity index (χ2n) is 4.08. The number of primary amides is 1. The number of aromatic carboxylic acids is 1. The molecule has 0 saturated heterocycles. The molecule has 0 saturated carbocycles. The van der Waals surface area contributed by atoms with Crippen molar-refractivity contribution in [2.45, 2.75) is 6.92 Å². The van der Waals surface area contributed by atoms with Gasteiger partial charge >= 0.3 is 5.97 Å². The molecule has 102 valence electrons. The number of aromatic nitrogens is 1.